The van der Waals surface area contributed by atoms with Crippen molar-refractivity contribution in [1.29, 1.82) is 0 Å². The molecule has 0 spiro atoms. The number of carbonyl (C=O) groups excluding carboxylic acids is 1. The molecule has 0 heterocycles. The first-order chi connectivity index (χ1) is 12.0. The largest absolute Gasteiger partial charge is 0.370 e. The molecule has 25 heavy (non-hydrogen) atoms. The van der Waals surface area contributed by atoms with Gasteiger partial charge in [0.2, 0.25) is 7.37 Å². The van der Waals surface area contributed by atoms with Crippen molar-refractivity contribution in [3.8, 4) is 0 Å². The third-order valence-electron chi connectivity index (χ3n) is 3.64. The van der Waals surface area contributed by atoms with E-state index in [0.29, 0.717) is 17.5 Å². The van der Waals surface area contributed by atoms with E-state index in [-0.39, 0.29) is 6.42 Å². The third-order valence-corrected chi connectivity index (χ3v) is 6.53. The normalized spacial score (nSPS) is 14.5. The molecule has 2 aromatic rings. The Morgan fingerprint density at radius 1 is 1.16 bits per heavy atom. The summed E-state index contributed by atoms with van der Waals surface area (Å²) < 4.78 is 12.9. The SMILES string of the molecule is CSCC[C@@H](NOC(=O)Cc1ccccc1)P(=O)(O)c1ccccc1. The number of hydrogen-bond acceptors (Lipinski definition) is 5. The molecule has 0 radical (unpaired) electrons. The van der Waals surface area contributed by atoms with E-state index in [1.54, 1.807) is 42.1 Å². The lowest BCUT2D eigenvalue weighted by atomic mass is 10.2. The first-order valence-electron chi connectivity index (χ1n) is 7.90. The molecule has 0 saturated heterocycles. The molecule has 0 aromatic heterocycles. The van der Waals surface area contributed by atoms with Crippen LogP contribution in [0.4, 0.5) is 0 Å². The van der Waals surface area contributed by atoms with Gasteiger partial charge in [0.25, 0.3) is 0 Å². The average molecular weight is 379 g/mol. The summed E-state index contributed by atoms with van der Waals surface area (Å²) >= 11 is 1.57. The van der Waals surface area contributed by atoms with Crippen LogP contribution >= 0.6 is 19.1 Å². The van der Waals surface area contributed by atoms with Crippen molar-refractivity contribution in [1.82, 2.24) is 5.48 Å². The van der Waals surface area contributed by atoms with E-state index in [1.165, 1.54) is 0 Å². The van der Waals surface area contributed by atoms with Crippen LogP contribution in [0.2, 0.25) is 0 Å². The number of hydroxylamine groups is 1. The van der Waals surface area contributed by atoms with Crippen LogP contribution < -0.4 is 10.8 Å². The highest BCUT2D eigenvalue weighted by Crippen LogP contribution is 2.45. The Morgan fingerprint density at radius 3 is 2.36 bits per heavy atom. The zero-order chi connectivity index (χ0) is 18.1. The number of nitrogens with one attached hydrogen (secondary N) is 1. The summed E-state index contributed by atoms with van der Waals surface area (Å²) in [6.45, 7) is 0. The first kappa shape index (κ1) is 19.7. The fourth-order valence-electron chi connectivity index (χ4n) is 2.29. The van der Waals surface area contributed by atoms with Gasteiger partial charge in [-0.25, -0.2) is 0 Å². The molecule has 2 atom stereocenters. The van der Waals surface area contributed by atoms with Crippen LogP contribution in [0.3, 0.4) is 0 Å². The molecule has 0 bridgehead atoms. The molecule has 0 aliphatic carbocycles. The first-order valence-corrected chi connectivity index (χ1v) is 11.0. The quantitative estimate of drug-likeness (QED) is 0.515. The number of carbonyl (C=O) groups is 1. The van der Waals surface area contributed by atoms with E-state index in [4.69, 9.17) is 4.84 Å². The summed E-state index contributed by atoms with van der Waals surface area (Å²) in [7, 11) is -3.73. The van der Waals surface area contributed by atoms with Gasteiger partial charge in [-0.1, -0.05) is 48.5 Å². The molecule has 2 N–H and O–H groups in total. The highest BCUT2D eigenvalue weighted by Gasteiger charge is 2.33. The second-order valence-corrected chi connectivity index (χ2v) is 8.88. The van der Waals surface area contributed by atoms with Gasteiger partial charge in [0.05, 0.1) is 6.42 Å². The molecule has 2 aromatic carbocycles. The van der Waals surface area contributed by atoms with Crippen molar-refractivity contribution >= 4 is 30.4 Å². The molecule has 1 unspecified atom stereocenters. The van der Waals surface area contributed by atoms with Crippen molar-refractivity contribution in [2.24, 2.45) is 0 Å². The standard InChI is InChI=1S/C18H22NO4PS/c1-25-13-12-17(24(21,22)16-10-6-3-7-11-16)19-23-18(20)14-15-8-4-2-5-9-15/h2-11,17,19H,12-14H2,1H3,(H,21,22)/t17-/m0/s1. The maximum absolute atomic E-state index is 12.9. The second kappa shape index (κ2) is 9.78. The fraction of sp³-hybridized carbons (Fsp3) is 0.278. The van der Waals surface area contributed by atoms with E-state index in [0.717, 1.165) is 5.56 Å². The van der Waals surface area contributed by atoms with Crippen LogP contribution in [0.15, 0.2) is 60.7 Å². The zero-order valence-corrected chi connectivity index (χ0v) is 15.7. The maximum atomic E-state index is 12.9. The van der Waals surface area contributed by atoms with Gasteiger partial charge in [-0.3, -0.25) is 9.36 Å². The van der Waals surface area contributed by atoms with Gasteiger partial charge in [-0.2, -0.15) is 11.8 Å². The molecule has 7 heteroatoms. The van der Waals surface area contributed by atoms with Crippen LogP contribution in [-0.2, 0) is 20.6 Å². The maximum Gasteiger partial charge on any atom is 0.329 e. The summed E-state index contributed by atoms with van der Waals surface area (Å²) in [4.78, 5) is 27.6. The van der Waals surface area contributed by atoms with Crippen LogP contribution in [0, 0.1) is 0 Å². The molecular formula is C18H22NO4PS. The third kappa shape index (κ3) is 6.01. The van der Waals surface area contributed by atoms with Crippen LogP contribution in [0.5, 0.6) is 0 Å². The van der Waals surface area contributed by atoms with E-state index >= 15 is 0 Å². The molecular weight excluding hydrogens is 357 g/mol. The van der Waals surface area contributed by atoms with Gasteiger partial charge >= 0.3 is 5.97 Å². The van der Waals surface area contributed by atoms with Crippen molar-refractivity contribution in [2.75, 3.05) is 12.0 Å². The minimum absolute atomic E-state index is 0.101. The van der Waals surface area contributed by atoms with Gasteiger partial charge in [0.1, 0.15) is 5.78 Å². The van der Waals surface area contributed by atoms with Crippen LogP contribution in [-0.4, -0.2) is 28.7 Å². The van der Waals surface area contributed by atoms with Gasteiger partial charge in [-0.15, -0.1) is 5.48 Å². The molecule has 5 nitrogen and oxygen atoms in total. The second-order valence-electron chi connectivity index (χ2n) is 5.51. The minimum Gasteiger partial charge on any atom is -0.370 e. The van der Waals surface area contributed by atoms with Gasteiger partial charge in [0.15, 0.2) is 0 Å². The number of hydrogen-bond donors (Lipinski definition) is 2. The zero-order valence-electron chi connectivity index (χ0n) is 14.0. The van der Waals surface area contributed by atoms with E-state index < -0.39 is 19.1 Å². The van der Waals surface area contributed by atoms with E-state index in [9.17, 15) is 14.3 Å². The molecule has 0 saturated carbocycles. The Kier molecular flexibility index (Phi) is 7.72. The number of rotatable bonds is 9. The van der Waals surface area contributed by atoms with Crippen LogP contribution in [0.25, 0.3) is 0 Å². The predicted molar refractivity (Wildman–Crippen MR) is 102 cm³/mol. The predicted octanol–water partition coefficient (Wildman–Crippen LogP) is 2.95. The van der Waals surface area contributed by atoms with Crippen molar-refractivity contribution in [2.45, 2.75) is 18.6 Å². The highest BCUT2D eigenvalue weighted by molar-refractivity contribution is 7.98. The Bertz CT molecular complexity index is 712. The van der Waals surface area contributed by atoms with Crippen LogP contribution in [0.1, 0.15) is 12.0 Å². The number of benzene rings is 2. The fourth-order valence-corrected chi connectivity index (χ4v) is 4.57. The number of thioether (sulfide) groups is 1. The van der Waals surface area contributed by atoms with Gasteiger partial charge in [0, 0.05) is 5.30 Å². The molecule has 0 aliphatic rings. The van der Waals surface area contributed by atoms with E-state index in [2.05, 4.69) is 5.48 Å². The van der Waals surface area contributed by atoms with Crippen molar-refractivity contribution in [3.63, 3.8) is 0 Å². The van der Waals surface area contributed by atoms with Crippen molar-refractivity contribution < 1.29 is 19.1 Å². The average Bonchev–Trinajstić information content (AvgIpc) is 2.63. The molecule has 0 amide bonds. The summed E-state index contributed by atoms with van der Waals surface area (Å²) in [5, 5.41) is 0.340. The van der Waals surface area contributed by atoms with Gasteiger partial charge in [-0.05, 0) is 36.1 Å². The topological polar surface area (TPSA) is 75.6 Å². The Labute approximate surface area is 152 Å². The Morgan fingerprint density at radius 2 is 1.76 bits per heavy atom. The molecule has 0 aliphatic heterocycles. The lowest BCUT2D eigenvalue weighted by Gasteiger charge is -2.23. The van der Waals surface area contributed by atoms with Gasteiger partial charge < -0.3 is 9.73 Å². The smallest absolute Gasteiger partial charge is 0.329 e. The van der Waals surface area contributed by atoms with E-state index in [1.807, 2.05) is 36.6 Å². The minimum atomic E-state index is -3.73. The summed E-state index contributed by atoms with van der Waals surface area (Å²) in [6.07, 6.45) is 2.43. The highest BCUT2D eigenvalue weighted by atomic mass is 32.2. The molecule has 2 rings (SSSR count). The molecule has 0 fully saturated rings. The Hall–Kier alpha value is -1.59. The Balaban J connectivity index is 2.02. The summed E-state index contributed by atoms with van der Waals surface area (Å²) in [5.74, 6) is -0.666. The lowest BCUT2D eigenvalue weighted by Crippen LogP contribution is -2.35. The lowest BCUT2D eigenvalue weighted by molar-refractivity contribution is -0.151. The summed E-state index contributed by atoms with van der Waals surface area (Å²) in [6, 6.07) is 17.6. The molecule has 134 valence electrons. The monoisotopic (exact) mass is 379 g/mol. The van der Waals surface area contributed by atoms with Crippen molar-refractivity contribution in [3.05, 3.63) is 66.2 Å². The summed E-state index contributed by atoms with van der Waals surface area (Å²) in [5.41, 5.74) is 3.36.